The molecule has 106 valence electrons. The minimum Gasteiger partial charge on any atom is -0.324 e. The zero-order chi connectivity index (χ0) is 13.4. The quantitative estimate of drug-likeness (QED) is 0.769. The standard InChI is InChI=1S/C11H15N3O3S.ClH/c1-18(16,17)14-9-4-2-8(3-5-9)13-10(15)11(12)6-7-11;/h2-5,14H,6-7,12H2,1H3,(H,13,15);1H. The first-order valence-corrected chi connectivity index (χ1v) is 7.36. The maximum atomic E-state index is 11.7. The van der Waals surface area contributed by atoms with E-state index < -0.39 is 15.6 Å². The van der Waals surface area contributed by atoms with Crippen molar-refractivity contribution in [3.63, 3.8) is 0 Å². The number of halogens is 1. The molecule has 0 unspecified atom stereocenters. The first-order chi connectivity index (χ1) is 8.28. The van der Waals surface area contributed by atoms with Gasteiger partial charge in [0.25, 0.3) is 0 Å². The molecule has 4 N–H and O–H groups in total. The number of carbonyl (C=O) groups is 1. The lowest BCUT2D eigenvalue weighted by atomic mass is 10.2. The Kier molecular flexibility index (Phi) is 4.44. The predicted molar refractivity (Wildman–Crippen MR) is 76.9 cm³/mol. The van der Waals surface area contributed by atoms with Crippen LogP contribution in [-0.2, 0) is 14.8 Å². The largest absolute Gasteiger partial charge is 0.324 e. The summed E-state index contributed by atoms with van der Waals surface area (Å²) in [6, 6.07) is 6.40. The van der Waals surface area contributed by atoms with E-state index in [1.54, 1.807) is 24.3 Å². The molecule has 1 aromatic rings. The smallest absolute Gasteiger partial charge is 0.244 e. The second-order valence-electron chi connectivity index (χ2n) is 4.56. The monoisotopic (exact) mass is 305 g/mol. The Morgan fingerprint density at radius 2 is 1.68 bits per heavy atom. The summed E-state index contributed by atoms with van der Waals surface area (Å²) >= 11 is 0. The molecule has 1 aromatic carbocycles. The lowest BCUT2D eigenvalue weighted by Crippen LogP contribution is -2.37. The Balaban J connectivity index is 0.00000180. The van der Waals surface area contributed by atoms with Crippen LogP contribution in [0.3, 0.4) is 0 Å². The summed E-state index contributed by atoms with van der Waals surface area (Å²) in [7, 11) is -3.28. The molecule has 1 fully saturated rings. The number of hydrogen-bond acceptors (Lipinski definition) is 4. The van der Waals surface area contributed by atoms with E-state index in [0.717, 1.165) is 6.26 Å². The third-order valence-corrected chi connectivity index (χ3v) is 3.29. The normalized spacial score (nSPS) is 16.1. The molecule has 0 aliphatic heterocycles. The van der Waals surface area contributed by atoms with Crippen LogP contribution in [0.25, 0.3) is 0 Å². The van der Waals surface area contributed by atoms with Crippen LogP contribution >= 0.6 is 12.4 Å². The van der Waals surface area contributed by atoms with Gasteiger partial charge in [-0.2, -0.15) is 0 Å². The molecule has 1 amide bonds. The highest BCUT2D eigenvalue weighted by molar-refractivity contribution is 7.92. The molecule has 0 spiro atoms. The molecule has 0 atom stereocenters. The van der Waals surface area contributed by atoms with Crippen LogP contribution in [-0.4, -0.2) is 26.1 Å². The van der Waals surface area contributed by atoms with Crippen molar-refractivity contribution in [2.45, 2.75) is 18.4 Å². The zero-order valence-corrected chi connectivity index (χ0v) is 12.0. The second kappa shape index (κ2) is 5.36. The highest BCUT2D eigenvalue weighted by atomic mass is 35.5. The molecule has 1 aliphatic rings. The third-order valence-electron chi connectivity index (χ3n) is 2.69. The van der Waals surface area contributed by atoms with E-state index in [1.165, 1.54) is 0 Å². The first-order valence-electron chi connectivity index (χ1n) is 5.47. The van der Waals surface area contributed by atoms with E-state index in [1.807, 2.05) is 0 Å². The Hall–Kier alpha value is -1.31. The number of sulfonamides is 1. The highest BCUT2D eigenvalue weighted by Crippen LogP contribution is 2.33. The molecule has 0 heterocycles. The summed E-state index contributed by atoms with van der Waals surface area (Å²) < 4.78 is 24.4. The van der Waals surface area contributed by atoms with Crippen LogP contribution in [0.1, 0.15) is 12.8 Å². The zero-order valence-electron chi connectivity index (χ0n) is 10.3. The van der Waals surface area contributed by atoms with Crippen LogP contribution in [0.5, 0.6) is 0 Å². The fraction of sp³-hybridized carbons (Fsp3) is 0.364. The van der Waals surface area contributed by atoms with Crippen molar-refractivity contribution >= 4 is 39.7 Å². The van der Waals surface area contributed by atoms with Gasteiger partial charge in [0.1, 0.15) is 0 Å². The number of carbonyl (C=O) groups excluding carboxylic acids is 1. The van der Waals surface area contributed by atoms with Gasteiger partial charge >= 0.3 is 0 Å². The summed E-state index contributed by atoms with van der Waals surface area (Å²) in [5.41, 5.74) is 6.07. The Morgan fingerprint density at radius 1 is 1.21 bits per heavy atom. The summed E-state index contributed by atoms with van der Waals surface area (Å²) in [6.45, 7) is 0. The molecule has 0 bridgehead atoms. The van der Waals surface area contributed by atoms with Crippen molar-refractivity contribution in [3.05, 3.63) is 24.3 Å². The molecule has 19 heavy (non-hydrogen) atoms. The average Bonchev–Trinajstić information content (AvgIpc) is 2.99. The molecular formula is C11H16ClN3O3S. The van der Waals surface area contributed by atoms with E-state index in [2.05, 4.69) is 10.0 Å². The number of anilines is 2. The highest BCUT2D eigenvalue weighted by Gasteiger charge is 2.45. The van der Waals surface area contributed by atoms with Crippen molar-refractivity contribution in [2.24, 2.45) is 5.73 Å². The Morgan fingerprint density at radius 3 is 2.11 bits per heavy atom. The van der Waals surface area contributed by atoms with Gasteiger partial charge in [-0.05, 0) is 37.1 Å². The topological polar surface area (TPSA) is 101 Å². The fourth-order valence-electron chi connectivity index (χ4n) is 1.45. The van der Waals surface area contributed by atoms with Gasteiger partial charge in [-0.15, -0.1) is 12.4 Å². The lowest BCUT2D eigenvalue weighted by Gasteiger charge is -2.10. The van der Waals surface area contributed by atoms with Crippen LogP contribution in [0, 0.1) is 0 Å². The molecule has 6 nitrogen and oxygen atoms in total. The van der Waals surface area contributed by atoms with Crippen LogP contribution in [0.15, 0.2) is 24.3 Å². The minimum atomic E-state index is -3.28. The number of hydrogen-bond donors (Lipinski definition) is 3. The van der Waals surface area contributed by atoms with Crippen LogP contribution in [0.4, 0.5) is 11.4 Å². The summed E-state index contributed by atoms with van der Waals surface area (Å²) in [4.78, 5) is 11.7. The molecule has 0 saturated heterocycles. The molecule has 0 radical (unpaired) electrons. The number of nitrogens with one attached hydrogen (secondary N) is 2. The number of benzene rings is 1. The average molecular weight is 306 g/mol. The molecule has 0 aromatic heterocycles. The number of amides is 1. The maximum Gasteiger partial charge on any atom is 0.244 e. The first kappa shape index (κ1) is 15.7. The van der Waals surface area contributed by atoms with E-state index in [0.29, 0.717) is 24.2 Å². The minimum absolute atomic E-state index is 0. The Bertz CT molecular complexity index is 567. The second-order valence-corrected chi connectivity index (χ2v) is 6.31. The van der Waals surface area contributed by atoms with Crippen molar-refractivity contribution in [3.8, 4) is 0 Å². The third kappa shape index (κ3) is 4.38. The molecule has 8 heteroatoms. The van der Waals surface area contributed by atoms with E-state index >= 15 is 0 Å². The van der Waals surface area contributed by atoms with Gasteiger partial charge in [-0.1, -0.05) is 0 Å². The van der Waals surface area contributed by atoms with Crippen LogP contribution in [0.2, 0.25) is 0 Å². The summed E-state index contributed by atoms with van der Waals surface area (Å²) in [5, 5.41) is 2.69. The maximum absolute atomic E-state index is 11.7. The summed E-state index contributed by atoms with van der Waals surface area (Å²) in [6.07, 6.45) is 2.48. The van der Waals surface area contributed by atoms with Gasteiger partial charge in [0.05, 0.1) is 11.8 Å². The number of rotatable bonds is 4. The van der Waals surface area contributed by atoms with Gasteiger partial charge < -0.3 is 11.1 Å². The van der Waals surface area contributed by atoms with Gasteiger partial charge in [0, 0.05) is 11.4 Å². The lowest BCUT2D eigenvalue weighted by molar-refractivity contribution is -0.118. The van der Waals surface area contributed by atoms with Crippen molar-refractivity contribution < 1.29 is 13.2 Å². The van der Waals surface area contributed by atoms with Crippen LogP contribution < -0.4 is 15.8 Å². The van der Waals surface area contributed by atoms with E-state index in [9.17, 15) is 13.2 Å². The SMILES string of the molecule is CS(=O)(=O)Nc1ccc(NC(=O)C2(N)CC2)cc1.Cl. The predicted octanol–water partition coefficient (Wildman–Crippen LogP) is 0.910. The molecule has 1 saturated carbocycles. The van der Waals surface area contributed by atoms with Crippen molar-refractivity contribution in [1.29, 1.82) is 0 Å². The van der Waals surface area contributed by atoms with Gasteiger partial charge in [-0.3, -0.25) is 9.52 Å². The number of nitrogens with two attached hydrogens (primary N) is 1. The van der Waals surface area contributed by atoms with E-state index in [4.69, 9.17) is 5.73 Å². The van der Waals surface area contributed by atoms with Gasteiger partial charge in [0.15, 0.2) is 0 Å². The molecule has 1 aliphatic carbocycles. The molecular weight excluding hydrogens is 290 g/mol. The molecule has 2 rings (SSSR count). The van der Waals surface area contributed by atoms with Gasteiger partial charge in [-0.25, -0.2) is 8.42 Å². The Labute approximate surface area is 118 Å². The fourth-order valence-corrected chi connectivity index (χ4v) is 2.02. The van der Waals surface area contributed by atoms with Gasteiger partial charge in [0.2, 0.25) is 15.9 Å². The van der Waals surface area contributed by atoms with Crippen molar-refractivity contribution in [1.82, 2.24) is 0 Å². The summed E-state index contributed by atoms with van der Waals surface area (Å²) in [5.74, 6) is -0.202. The van der Waals surface area contributed by atoms with Crippen molar-refractivity contribution in [2.75, 3.05) is 16.3 Å². The van der Waals surface area contributed by atoms with E-state index in [-0.39, 0.29) is 18.3 Å².